The third-order valence-corrected chi connectivity index (χ3v) is 4.87. The van der Waals surface area contributed by atoms with E-state index in [9.17, 15) is 9.18 Å². The summed E-state index contributed by atoms with van der Waals surface area (Å²) in [6.45, 7) is 3.33. The van der Waals surface area contributed by atoms with Gasteiger partial charge in [-0.25, -0.2) is 9.37 Å². The van der Waals surface area contributed by atoms with Gasteiger partial charge in [0.15, 0.2) is 0 Å². The SMILES string of the molecule is Cc1oc(-c2cccc(F)c2)nc1CC(=O)N1CCOC(c2ccccc2)C1. The van der Waals surface area contributed by atoms with Crippen LogP contribution in [-0.4, -0.2) is 35.5 Å². The molecular weight excluding hydrogens is 359 g/mol. The molecule has 0 saturated carbocycles. The largest absolute Gasteiger partial charge is 0.441 e. The van der Waals surface area contributed by atoms with E-state index in [1.165, 1.54) is 12.1 Å². The first-order valence-electron chi connectivity index (χ1n) is 9.27. The zero-order chi connectivity index (χ0) is 19.5. The Bertz CT molecular complexity index is 971. The Labute approximate surface area is 162 Å². The van der Waals surface area contributed by atoms with Crippen molar-refractivity contribution in [2.45, 2.75) is 19.4 Å². The number of hydrogen-bond donors (Lipinski definition) is 0. The van der Waals surface area contributed by atoms with Crippen molar-refractivity contribution in [3.8, 4) is 11.5 Å². The van der Waals surface area contributed by atoms with Gasteiger partial charge in [-0.2, -0.15) is 0 Å². The number of carbonyl (C=O) groups is 1. The quantitative estimate of drug-likeness (QED) is 0.688. The Morgan fingerprint density at radius 2 is 2.04 bits per heavy atom. The lowest BCUT2D eigenvalue weighted by Gasteiger charge is -2.33. The van der Waals surface area contributed by atoms with E-state index < -0.39 is 0 Å². The Morgan fingerprint density at radius 3 is 2.82 bits per heavy atom. The van der Waals surface area contributed by atoms with Gasteiger partial charge in [0, 0.05) is 12.1 Å². The van der Waals surface area contributed by atoms with Crippen LogP contribution in [0.25, 0.3) is 11.5 Å². The second kappa shape index (κ2) is 7.94. The van der Waals surface area contributed by atoms with Crippen LogP contribution in [-0.2, 0) is 16.0 Å². The molecule has 1 amide bonds. The van der Waals surface area contributed by atoms with Crippen molar-refractivity contribution in [2.75, 3.05) is 19.7 Å². The lowest BCUT2D eigenvalue weighted by atomic mass is 10.1. The van der Waals surface area contributed by atoms with Gasteiger partial charge in [0.25, 0.3) is 0 Å². The summed E-state index contributed by atoms with van der Waals surface area (Å²) < 4.78 is 24.9. The summed E-state index contributed by atoms with van der Waals surface area (Å²) in [6, 6.07) is 16.0. The molecule has 6 heteroatoms. The summed E-state index contributed by atoms with van der Waals surface area (Å²) >= 11 is 0. The summed E-state index contributed by atoms with van der Waals surface area (Å²) in [5.41, 5.74) is 2.19. The van der Waals surface area contributed by atoms with Gasteiger partial charge in [-0.3, -0.25) is 4.79 Å². The van der Waals surface area contributed by atoms with E-state index in [1.807, 2.05) is 30.3 Å². The Hall–Kier alpha value is -2.99. The van der Waals surface area contributed by atoms with E-state index in [0.29, 0.717) is 42.6 Å². The van der Waals surface area contributed by atoms with Gasteiger partial charge in [0.1, 0.15) is 17.7 Å². The summed E-state index contributed by atoms with van der Waals surface area (Å²) in [7, 11) is 0. The minimum Gasteiger partial charge on any atom is -0.441 e. The van der Waals surface area contributed by atoms with Crippen molar-refractivity contribution in [3.63, 3.8) is 0 Å². The number of hydrogen-bond acceptors (Lipinski definition) is 4. The van der Waals surface area contributed by atoms with Crippen molar-refractivity contribution < 1.29 is 18.3 Å². The molecule has 1 aromatic heterocycles. The first-order valence-corrected chi connectivity index (χ1v) is 9.27. The van der Waals surface area contributed by atoms with Crippen LogP contribution in [0.15, 0.2) is 59.0 Å². The molecule has 1 atom stereocenters. The number of halogens is 1. The van der Waals surface area contributed by atoms with Crippen molar-refractivity contribution in [1.82, 2.24) is 9.88 Å². The lowest BCUT2D eigenvalue weighted by molar-refractivity contribution is -0.138. The number of carbonyl (C=O) groups excluding carboxylic acids is 1. The van der Waals surface area contributed by atoms with Crippen molar-refractivity contribution in [3.05, 3.63) is 77.4 Å². The molecule has 144 valence electrons. The number of benzene rings is 2. The maximum atomic E-state index is 13.4. The molecule has 1 fully saturated rings. The van der Waals surface area contributed by atoms with Crippen molar-refractivity contribution in [1.29, 1.82) is 0 Å². The predicted molar refractivity (Wildman–Crippen MR) is 102 cm³/mol. The molecule has 1 unspecified atom stereocenters. The first kappa shape index (κ1) is 18.4. The molecule has 0 radical (unpaired) electrons. The molecule has 3 aromatic rings. The van der Waals surface area contributed by atoms with Crippen LogP contribution in [0.4, 0.5) is 4.39 Å². The second-order valence-corrected chi connectivity index (χ2v) is 6.82. The summed E-state index contributed by atoms with van der Waals surface area (Å²) in [5, 5.41) is 0. The smallest absolute Gasteiger partial charge is 0.228 e. The Morgan fingerprint density at radius 1 is 1.21 bits per heavy atom. The second-order valence-electron chi connectivity index (χ2n) is 6.82. The van der Waals surface area contributed by atoms with Gasteiger partial charge >= 0.3 is 0 Å². The standard InChI is InChI=1S/C22H21FN2O3/c1-15-19(24-22(28-15)17-8-5-9-18(23)12-17)13-21(26)25-10-11-27-20(14-25)16-6-3-2-4-7-16/h2-9,12,20H,10-11,13-14H2,1H3. The average molecular weight is 380 g/mol. The van der Waals surface area contributed by atoms with Crippen LogP contribution >= 0.6 is 0 Å². The molecule has 0 bridgehead atoms. The summed E-state index contributed by atoms with van der Waals surface area (Å²) in [6.07, 6.45) is 0.0201. The topological polar surface area (TPSA) is 55.6 Å². The van der Waals surface area contributed by atoms with Gasteiger partial charge in [0.05, 0.1) is 25.3 Å². The highest BCUT2D eigenvalue weighted by Gasteiger charge is 2.26. The molecule has 28 heavy (non-hydrogen) atoms. The maximum Gasteiger partial charge on any atom is 0.228 e. The maximum absolute atomic E-state index is 13.4. The fourth-order valence-corrected chi connectivity index (χ4v) is 3.34. The highest BCUT2D eigenvalue weighted by Crippen LogP contribution is 2.25. The molecule has 0 spiro atoms. The fourth-order valence-electron chi connectivity index (χ4n) is 3.34. The van der Waals surface area contributed by atoms with Gasteiger partial charge < -0.3 is 14.1 Å². The van der Waals surface area contributed by atoms with Crippen LogP contribution in [0, 0.1) is 12.7 Å². The highest BCUT2D eigenvalue weighted by molar-refractivity contribution is 5.79. The number of amides is 1. The average Bonchev–Trinajstić information content (AvgIpc) is 3.09. The number of oxazole rings is 1. The van der Waals surface area contributed by atoms with Crippen LogP contribution in [0.5, 0.6) is 0 Å². The van der Waals surface area contributed by atoms with E-state index in [-0.39, 0.29) is 24.2 Å². The molecular formula is C22H21FN2O3. The monoisotopic (exact) mass is 380 g/mol. The van der Waals surface area contributed by atoms with Crippen LogP contribution in [0.2, 0.25) is 0 Å². The molecule has 1 saturated heterocycles. The minimum absolute atomic E-state index is 0.0218. The third-order valence-electron chi connectivity index (χ3n) is 4.87. The van der Waals surface area contributed by atoms with E-state index in [1.54, 1.807) is 24.0 Å². The number of ether oxygens (including phenoxy) is 1. The molecule has 0 aliphatic carbocycles. The van der Waals surface area contributed by atoms with Gasteiger partial charge in [0.2, 0.25) is 11.8 Å². The molecule has 2 heterocycles. The molecule has 4 rings (SSSR count). The molecule has 1 aliphatic rings. The number of rotatable bonds is 4. The predicted octanol–water partition coefficient (Wildman–Crippen LogP) is 3.93. The van der Waals surface area contributed by atoms with Crippen LogP contribution in [0.3, 0.4) is 0 Å². The lowest BCUT2D eigenvalue weighted by Crippen LogP contribution is -2.43. The van der Waals surface area contributed by atoms with E-state index in [2.05, 4.69) is 4.98 Å². The van der Waals surface area contributed by atoms with Gasteiger partial charge in [-0.05, 0) is 30.7 Å². The van der Waals surface area contributed by atoms with Crippen molar-refractivity contribution in [2.24, 2.45) is 0 Å². The zero-order valence-corrected chi connectivity index (χ0v) is 15.6. The number of nitrogens with zero attached hydrogens (tertiary/aromatic N) is 2. The Balaban J connectivity index is 1.46. The molecule has 2 aromatic carbocycles. The van der Waals surface area contributed by atoms with E-state index >= 15 is 0 Å². The molecule has 5 nitrogen and oxygen atoms in total. The van der Waals surface area contributed by atoms with E-state index in [0.717, 1.165) is 5.56 Å². The van der Waals surface area contributed by atoms with Gasteiger partial charge in [-0.15, -0.1) is 0 Å². The number of aromatic nitrogens is 1. The van der Waals surface area contributed by atoms with Crippen LogP contribution < -0.4 is 0 Å². The molecule has 0 N–H and O–H groups in total. The number of aryl methyl sites for hydroxylation is 1. The zero-order valence-electron chi connectivity index (χ0n) is 15.6. The van der Waals surface area contributed by atoms with Crippen molar-refractivity contribution >= 4 is 5.91 Å². The molecule has 1 aliphatic heterocycles. The fraction of sp³-hybridized carbons (Fsp3) is 0.273. The van der Waals surface area contributed by atoms with E-state index in [4.69, 9.17) is 9.15 Å². The third kappa shape index (κ3) is 3.97. The Kier molecular flexibility index (Phi) is 5.21. The van der Waals surface area contributed by atoms with Gasteiger partial charge in [-0.1, -0.05) is 36.4 Å². The summed E-state index contributed by atoms with van der Waals surface area (Å²) in [4.78, 5) is 19.0. The van der Waals surface area contributed by atoms with Crippen LogP contribution in [0.1, 0.15) is 23.1 Å². The normalized spacial score (nSPS) is 16.9. The minimum atomic E-state index is -0.355. The number of morpholine rings is 1. The summed E-state index contributed by atoms with van der Waals surface area (Å²) in [5.74, 6) is 0.516. The first-order chi connectivity index (χ1) is 13.6. The highest BCUT2D eigenvalue weighted by atomic mass is 19.1.